The largest absolute Gasteiger partial charge is 0.485 e. The fourth-order valence-corrected chi connectivity index (χ4v) is 3.33. The first-order chi connectivity index (χ1) is 10.1. The van der Waals surface area contributed by atoms with E-state index in [-0.39, 0.29) is 6.10 Å². The van der Waals surface area contributed by atoms with Gasteiger partial charge in [-0.1, -0.05) is 36.5 Å². The van der Waals surface area contributed by atoms with Crippen molar-refractivity contribution in [1.29, 1.82) is 0 Å². The van der Waals surface area contributed by atoms with Crippen molar-refractivity contribution in [1.82, 2.24) is 0 Å². The van der Waals surface area contributed by atoms with Gasteiger partial charge in [0.2, 0.25) is 0 Å². The van der Waals surface area contributed by atoms with Gasteiger partial charge >= 0.3 is 0 Å². The molecular formula is C17H16BrNOS. The molecule has 1 unspecified atom stereocenters. The molecule has 0 aromatic heterocycles. The Morgan fingerprint density at radius 1 is 1.24 bits per heavy atom. The van der Waals surface area contributed by atoms with Crippen LogP contribution in [0.1, 0.15) is 35.6 Å². The average molecular weight is 362 g/mol. The number of thiocarbonyl (C=S) groups is 1. The number of ether oxygens (including phenoxy) is 1. The molecule has 0 spiro atoms. The lowest BCUT2D eigenvalue weighted by molar-refractivity contribution is 0.182. The van der Waals surface area contributed by atoms with Crippen LogP contribution in [0.5, 0.6) is 5.75 Å². The fourth-order valence-electron chi connectivity index (χ4n) is 2.73. The maximum Gasteiger partial charge on any atom is 0.134 e. The molecule has 1 aliphatic carbocycles. The molecule has 4 heteroatoms. The molecule has 0 saturated carbocycles. The lowest BCUT2D eigenvalue weighted by Gasteiger charge is -2.26. The minimum Gasteiger partial charge on any atom is -0.485 e. The average Bonchev–Trinajstić information content (AvgIpc) is 2.49. The summed E-state index contributed by atoms with van der Waals surface area (Å²) in [5.74, 6) is 0.830. The first-order valence-corrected chi connectivity index (χ1v) is 8.19. The van der Waals surface area contributed by atoms with Crippen molar-refractivity contribution in [2.75, 3.05) is 0 Å². The second-order valence-corrected chi connectivity index (χ2v) is 6.50. The van der Waals surface area contributed by atoms with Crippen LogP contribution in [0.4, 0.5) is 0 Å². The molecule has 21 heavy (non-hydrogen) atoms. The van der Waals surface area contributed by atoms with Gasteiger partial charge in [0.25, 0.3) is 0 Å². The van der Waals surface area contributed by atoms with E-state index in [9.17, 15) is 0 Å². The third-order valence-corrected chi connectivity index (χ3v) is 4.66. The Morgan fingerprint density at radius 3 is 2.81 bits per heavy atom. The summed E-state index contributed by atoms with van der Waals surface area (Å²) in [7, 11) is 0. The summed E-state index contributed by atoms with van der Waals surface area (Å²) in [5.41, 5.74) is 9.18. The van der Waals surface area contributed by atoms with Crippen molar-refractivity contribution in [3.05, 3.63) is 63.6 Å². The minimum atomic E-state index is 0.113. The quantitative estimate of drug-likeness (QED) is 0.815. The molecule has 2 N–H and O–H groups in total. The third-order valence-electron chi connectivity index (χ3n) is 3.80. The SMILES string of the molecule is NC(=S)c1ccc(OC2CCCc3ccccc32)c(Br)c1. The van der Waals surface area contributed by atoms with Gasteiger partial charge < -0.3 is 10.5 Å². The maximum atomic E-state index is 6.22. The summed E-state index contributed by atoms with van der Waals surface area (Å²) < 4.78 is 7.10. The highest BCUT2D eigenvalue weighted by Gasteiger charge is 2.22. The zero-order valence-electron chi connectivity index (χ0n) is 11.5. The summed E-state index contributed by atoms with van der Waals surface area (Å²) in [4.78, 5) is 0.394. The Labute approximate surface area is 138 Å². The van der Waals surface area contributed by atoms with E-state index in [0.29, 0.717) is 4.99 Å². The standard InChI is InChI=1S/C17H16BrNOS/c18-14-10-12(17(19)21)8-9-16(14)20-15-7-3-5-11-4-1-2-6-13(11)15/h1-2,4,6,8-10,15H,3,5,7H2,(H2,19,21). The Morgan fingerprint density at radius 2 is 2.05 bits per heavy atom. The minimum absolute atomic E-state index is 0.113. The Hall–Kier alpha value is -1.39. The van der Waals surface area contributed by atoms with Gasteiger partial charge in [-0.25, -0.2) is 0 Å². The molecule has 0 aliphatic heterocycles. The predicted molar refractivity (Wildman–Crippen MR) is 92.8 cm³/mol. The topological polar surface area (TPSA) is 35.2 Å². The highest BCUT2D eigenvalue weighted by atomic mass is 79.9. The zero-order chi connectivity index (χ0) is 14.8. The van der Waals surface area contributed by atoms with Gasteiger partial charge in [-0.15, -0.1) is 0 Å². The number of rotatable bonds is 3. The molecule has 0 saturated heterocycles. The molecule has 0 radical (unpaired) electrons. The number of hydrogen-bond acceptors (Lipinski definition) is 2. The van der Waals surface area contributed by atoms with Gasteiger partial charge in [0.15, 0.2) is 0 Å². The van der Waals surface area contributed by atoms with Crippen molar-refractivity contribution in [2.24, 2.45) is 5.73 Å². The maximum absolute atomic E-state index is 6.22. The van der Waals surface area contributed by atoms with Crippen molar-refractivity contribution < 1.29 is 4.74 Å². The zero-order valence-corrected chi connectivity index (χ0v) is 13.9. The predicted octanol–water partition coefficient (Wildman–Crippen LogP) is 4.54. The second kappa shape index (κ2) is 6.16. The molecule has 0 heterocycles. The summed E-state index contributed by atoms with van der Waals surface area (Å²) >= 11 is 8.54. The number of halogens is 1. The van der Waals surface area contributed by atoms with Crippen LogP contribution < -0.4 is 10.5 Å². The fraction of sp³-hybridized carbons (Fsp3) is 0.235. The Bertz CT molecular complexity index is 686. The highest BCUT2D eigenvalue weighted by Crippen LogP contribution is 2.36. The highest BCUT2D eigenvalue weighted by molar-refractivity contribution is 9.10. The van der Waals surface area contributed by atoms with E-state index in [2.05, 4.69) is 40.2 Å². The van der Waals surface area contributed by atoms with E-state index in [1.807, 2.05) is 18.2 Å². The van der Waals surface area contributed by atoms with Gasteiger partial charge in [0.1, 0.15) is 16.8 Å². The number of aryl methyl sites for hydroxylation is 1. The van der Waals surface area contributed by atoms with Gasteiger partial charge in [-0.3, -0.25) is 0 Å². The molecule has 0 amide bonds. The first kappa shape index (κ1) is 14.5. The smallest absolute Gasteiger partial charge is 0.134 e. The molecule has 0 bridgehead atoms. The van der Waals surface area contributed by atoms with Crippen LogP contribution in [0.15, 0.2) is 46.9 Å². The Kier molecular flexibility index (Phi) is 4.27. The summed E-state index contributed by atoms with van der Waals surface area (Å²) in [6.07, 6.45) is 3.45. The Balaban J connectivity index is 1.86. The molecule has 3 rings (SSSR count). The molecule has 108 valence electrons. The van der Waals surface area contributed by atoms with E-state index in [4.69, 9.17) is 22.7 Å². The van der Waals surface area contributed by atoms with E-state index >= 15 is 0 Å². The van der Waals surface area contributed by atoms with Crippen LogP contribution in [0, 0.1) is 0 Å². The van der Waals surface area contributed by atoms with E-state index in [0.717, 1.165) is 35.0 Å². The number of hydrogen-bond donors (Lipinski definition) is 1. The van der Waals surface area contributed by atoms with Crippen LogP contribution >= 0.6 is 28.1 Å². The van der Waals surface area contributed by atoms with E-state index in [1.54, 1.807) is 0 Å². The van der Waals surface area contributed by atoms with Crippen LogP contribution in [0.2, 0.25) is 0 Å². The first-order valence-electron chi connectivity index (χ1n) is 6.99. The van der Waals surface area contributed by atoms with E-state index in [1.165, 1.54) is 11.1 Å². The second-order valence-electron chi connectivity index (χ2n) is 5.21. The van der Waals surface area contributed by atoms with Gasteiger partial charge in [-0.05, 0) is 64.5 Å². The summed E-state index contributed by atoms with van der Waals surface area (Å²) in [5, 5.41) is 0. The van der Waals surface area contributed by atoms with E-state index < -0.39 is 0 Å². The lowest BCUT2D eigenvalue weighted by atomic mass is 9.89. The molecule has 1 aliphatic rings. The van der Waals surface area contributed by atoms with Crippen molar-refractivity contribution >= 4 is 33.1 Å². The molecule has 2 aromatic carbocycles. The van der Waals surface area contributed by atoms with Crippen LogP contribution in [0.3, 0.4) is 0 Å². The van der Waals surface area contributed by atoms with Gasteiger partial charge in [0, 0.05) is 5.56 Å². The molecule has 0 fully saturated rings. The lowest BCUT2D eigenvalue weighted by Crippen LogP contribution is -2.15. The summed E-state index contributed by atoms with van der Waals surface area (Å²) in [6.45, 7) is 0. The number of fused-ring (bicyclic) bond motifs is 1. The van der Waals surface area contributed by atoms with Crippen molar-refractivity contribution in [2.45, 2.75) is 25.4 Å². The number of benzene rings is 2. The van der Waals surface area contributed by atoms with Crippen LogP contribution in [0.25, 0.3) is 0 Å². The van der Waals surface area contributed by atoms with Crippen LogP contribution in [-0.2, 0) is 6.42 Å². The van der Waals surface area contributed by atoms with Crippen molar-refractivity contribution in [3.63, 3.8) is 0 Å². The summed E-state index contributed by atoms with van der Waals surface area (Å²) in [6, 6.07) is 14.3. The normalized spacial score (nSPS) is 17.1. The molecule has 2 nitrogen and oxygen atoms in total. The number of nitrogens with two attached hydrogens (primary N) is 1. The molecule has 2 aromatic rings. The van der Waals surface area contributed by atoms with Gasteiger partial charge in [0.05, 0.1) is 4.47 Å². The molecule has 1 atom stereocenters. The third kappa shape index (κ3) is 3.11. The van der Waals surface area contributed by atoms with Gasteiger partial charge in [-0.2, -0.15) is 0 Å². The van der Waals surface area contributed by atoms with Crippen molar-refractivity contribution in [3.8, 4) is 5.75 Å². The molecular weight excluding hydrogens is 346 g/mol. The monoisotopic (exact) mass is 361 g/mol. The van der Waals surface area contributed by atoms with Crippen LogP contribution in [-0.4, -0.2) is 4.99 Å².